The molecule has 0 aromatic heterocycles. The van der Waals surface area contributed by atoms with Crippen molar-refractivity contribution in [1.82, 2.24) is 10.2 Å². The highest BCUT2D eigenvalue weighted by molar-refractivity contribution is 5.79. The van der Waals surface area contributed by atoms with E-state index in [1.165, 1.54) is 38.6 Å². The fourth-order valence-corrected chi connectivity index (χ4v) is 4.25. The summed E-state index contributed by atoms with van der Waals surface area (Å²) < 4.78 is 5.97. The Morgan fingerprint density at radius 2 is 2.00 bits per heavy atom. The molecule has 4 nitrogen and oxygen atoms in total. The highest BCUT2D eigenvalue weighted by atomic mass is 16.5. The second-order valence-corrected chi connectivity index (χ2v) is 7.60. The fraction of sp³-hybridized carbons (Fsp3) is 0.941. The molecule has 4 rings (SSSR count). The van der Waals surface area contributed by atoms with Gasteiger partial charge in [-0.1, -0.05) is 6.42 Å². The molecule has 0 spiro atoms. The van der Waals surface area contributed by atoms with Crippen molar-refractivity contribution in [3.05, 3.63) is 0 Å². The summed E-state index contributed by atoms with van der Waals surface area (Å²) in [7, 11) is 0. The van der Waals surface area contributed by atoms with Gasteiger partial charge < -0.3 is 15.0 Å². The van der Waals surface area contributed by atoms with Gasteiger partial charge >= 0.3 is 0 Å². The van der Waals surface area contributed by atoms with Gasteiger partial charge in [0.1, 0.15) is 0 Å². The molecule has 3 atom stereocenters. The zero-order valence-corrected chi connectivity index (χ0v) is 12.9. The van der Waals surface area contributed by atoms with Crippen LogP contribution in [0.3, 0.4) is 0 Å². The van der Waals surface area contributed by atoms with Gasteiger partial charge in [0.2, 0.25) is 5.91 Å². The van der Waals surface area contributed by atoms with Crippen molar-refractivity contribution in [3.63, 3.8) is 0 Å². The van der Waals surface area contributed by atoms with Gasteiger partial charge in [-0.3, -0.25) is 4.79 Å². The molecule has 2 heterocycles. The van der Waals surface area contributed by atoms with Crippen LogP contribution in [0.1, 0.15) is 44.9 Å². The Hall–Kier alpha value is -0.610. The number of piperidine rings is 1. The van der Waals surface area contributed by atoms with Crippen molar-refractivity contribution in [1.29, 1.82) is 0 Å². The molecule has 0 unspecified atom stereocenters. The second-order valence-electron chi connectivity index (χ2n) is 7.60. The Kier molecular flexibility index (Phi) is 3.92. The normalized spacial score (nSPS) is 37.6. The van der Waals surface area contributed by atoms with Crippen molar-refractivity contribution >= 4 is 5.91 Å². The lowest BCUT2D eigenvalue weighted by Crippen LogP contribution is -2.54. The second kappa shape index (κ2) is 5.88. The Bertz CT molecular complexity index is 392. The quantitative estimate of drug-likeness (QED) is 0.859. The zero-order valence-electron chi connectivity index (χ0n) is 12.9. The summed E-state index contributed by atoms with van der Waals surface area (Å²) in [5.74, 6) is 1.84. The van der Waals surface area contributed by atoms with E-state index < -0.39 is 0 Å². The van der Waals surface area contributed by atoms with Crippen molar-refractivity contribution in [2.45, 2.75) is 57.1 Å². The third-order valence-electron chi connectivity index (χ3n) is 5.96. The fourth-order valence-electron chi connectivity index (χ4n) is 4.25. The van der Waals surface area contributed by atoms with Crippen molar-refractivity contribution < 1.29 is 9.53 Å². The molecular formula is C17H28N2O2. The average molecular weight is 292 g/mol. The van der Waals surface area contributed by atoms with Gasteiger partial charge in [0.25, 0.3) is 0 Å². The van der Waals surface area contributed by atoms with Crippen LogP contribution in [0, 0.1) is 17.8 Å². The minimum atomic E-state index is 0.188. The molecule has 4 heteroatoms. The Morgan fingerprint density at radius 3 is 2.71 bits per heavy atom. The summed E-state index contributed by atoms with van der Waals surface area (Å²) in [4.78, 5) is 15.1. The van der Waals surface area contributed by atoms with Gasteiger partial charge in [-0.2, -0.15) is 0 Å². The lowest BCUT2D eigenvalue weighted by Gasteiger charge is -2.46. The highest BCUT2D eigenvalue weighted by Crippen LogP contribution is 2.35. The predicted molar refractivity (Wildman–Crippen MR) is 80.9 cm³/mol. The molecule has 0 radical (unpaired) electrons. The summed E-state index contributed by atoms with van der Waals surface area (Å²) in [6.07, 6.45) is 8.95. The molecule has 2 aliphatic heterocycles. The van der Waals surface area contributed by atoms with E-state index in [0.29, 0.717) is 24.0 Å². The highest BCUT2D eigenvalue weighted by Gasteiger charge is 2.43. The van der Waals surface area contributed by atoms with Gasteiger partial charge in [-0.25, -0.2) is 0 Å². The van der Waals surface area contributed by atoms with Crippen LogP contribution in [-0.4, -0.2) is 49.2 Å². The lowest BCUT2D eigenvalue weighted by atomic mass is 9.78. The van der Waals surface area contributed by atoms with Crippen LogP contribution in [0.4, 0.5) is 0 Å². The molecule has 0 aromatic rings. The van der Waals surface area contributed by atoms with E-state index in [2.05, 4.69) is 10.2 Å². The van der Waals surface area contributed by atoms with E-state index in [9.17, 15) is 4.79 Å². The van der Waals surface area contributed by atoms with Crippen LogP contribution < -0.4 is 5.32 Å². The molecule has 118 valence electrons. The largest absolute Gasteiger partial charge is 0.378 e. The van der Waals surface area contributed by atoms with Gasteiger partial charge in [0.15, 0.2) is 0 Å². The number of hydrogen-bond acceptors (Lipinski definition) is 3. The number of rotatable bonds is 4. The summed E-state index contributed by atoms with van der Waals surface area (Å²) in [6, 6.07) is 0.480. The zero-order chi connectivity index (χ0) is 14.2. The standard InChI is InChI=1S/C17H28N2O2/c20-17(18-13-4-5-13)14-7-9-21-16-6-8-19(11-15(14)16)10-12-2-1-3-12/h12-16H,1-11H2,(H,18,20)/t14-,15+,16-/m1/s1. The molecule has 4 fully saturated rings. The maximum Gasteiger partial charge on any atom is 0.223 e. The minimum Gasteiger partial charge on any atom is -0.378 e. The molecule has 0 bridgehead atoms. The molecular weight excluding hydrogens is 264 g/mol. The van der Waals surface area contributed by atoms with E-state index in [-0.39, 0.29) is 5.92 Å². The van der Waals surface area contributed by atoms with Crippen molar-refractivity contribution in [3.8, 4) is 0 Å². The average Bonchev–Trinajstić information content (AvgIpc) is 3.26. The van der Waals surface area contributed by atoms with E-state index in [1.54, 1.807) is 0 Å². The monoisotopic (exact) mass is 292 g/mol. The first kappa shape index (κ1) is 14.0. The van der Waals surface area contributed by atoms with Gasteiger partial charge in [-0.05, 0) is 44.4 Å². The smallest absolute Gasteiger partial charge is 0.223 e. The Labute approximate surface area is 127 Å². The maximum atomic E-state index is 12.5. The Balaban J connectivity index is 1.38. The number of fused-ring (bicyclic) bond motifs is 1. The number of carbonyl (C=O) groups excluding carboxylic acids is 1. The summed E-state index contributed by atoms with van der Waals surface area (Å²) in [5.41, 5.74) is 0. The molecule has 2 saturated carbocycles. The van der Waals surface area contributed by atoms with Gasteiger partial charge in [0.05, 0.1) is 6.10 Å². The summed E-state index contributed by atoms with van der Waals surface area (Å²) in [5, 5.41) is 3.22. The minimum absolute atomic E-state index is 0.188. The van der Waals surface area contributed by atoms with E-state index in [4.69, 9.17) is 4.74 Å². The van der Waals surface area contributed by atoms with Crippen LogP contribution in [0.25, 0.3) is 0 Å². The number of nitrogens with one attached hydrogen (secondary N) is 1. The molecule has 0 aromatic carbocycles. The summed E-state index contributed by atoms with van der Waals surface area (Å²) >= 11 is 0. The molecule has 1 amide bonds. The molecule has 2 saturated heterocycles. The van der Waals surface area contributed by atoms with Gasteiger partial charge in [0, 0.05) is 44.1 Å². The topological polar surface area (TPSA) is 41.6 Å². The first-order valence-corrected chi connectivity index (χ1v) is 8.94. The van der Waals surface area contributed by atoms with Crippen LogP contribution in [0.2, 0.25) is 0 Å². The Morgan fingerprint density at radius 1 is 1.14 bits per heavy atom. The van der Waals surface area contributed by atoms with Crippen LogP contribution in [0.5, 0.6) is 0 Å². The maximum absolute atomic E-state index is 12.5. The van der Waals surface area contributed by atoms with Crippen LogP contribution >= 0.6 is 0 Å². The number of hydrogen-bond donors (Lipinski definition) is 1. The van der Waals surface area contributed by atoms with E-state index in [0.717, 1.165) is 38.5 Å². The van der Waals surface area contributed by atoms with Crippen LogP contribution in [-0.2, 0) is 9.53 Å². The van der Waals surface area contributed by atoms with E-state index in [1.807, 2.05) is 0 Å². The number of amides is 1. The SMILES string of the molecule is O=C(NC1CC1)[C@@H]1CCO[C@@H]2CCN(CC3CCC3)C[C@H]21. The molecule has 4 aliphatic rings. The first-order valence-electron chi connectivity index (χ1n) is 8.94. The number of likely N-dealkylation sites (tertiary alicyclic amines) is 1. The van der Waals surface area contributed by atoms with Crippen LogP contribution in [0.15, 0.2) is 0 Å². The summed E-state index contributed by atoms with van der Waals surface area (Å²) in [6.45, 7) is 4.26. The molecule has 2 aliphatic carbocycles. The lowest BCUT2D eigenvalue weighted by molar-refractivity contribution is -0.142. The van der Waals surface area contributed by atoms with E-state index >= 15 is 0 Å². The van der Waals surface area contributed by atoms with Crippen molar-refractivity contribution in [2.24, 2.45) is 17.8 Å². The molecule has 1 N–H and O–H groups in total. The number of carbonyl (C=O) groups is 1. The van der Waals surface area contributed by atoms with Gasteiger partial charge in [-0.15, -0.1) is 0 Å². The third-order valence-corrected chi connectivity index (χ3v) is 5.96. The number of ether oxygens (including phenoxy) is 1. The first-order chi connectivity index (χ1) is 10.3. The molecule has 21 heavy (non-hydrogen) atoms. The third kappa shape index (κ3) is 3.11. The predicted octanol–water partition coefficient (Wildman–Crippen LogP) is 1.79. The van der Waals surface area contributed by atoms with Crippen molar-refractivity contribution in [2.75, 3.05) is 26.2 Å². The number of nitrogens with zero attached hydrogens (tertiary/aromatic N) is 1.